The van der Waals surface area contributed by atoms with Gasteiger partial charge in [-0.3, -0.25) is 72.2 Å². The minimum Gasteiger partial charge on any atom is -0.481 e. The highest BCUT2D eigenvalue weighted by atomic mass is 33.1. The van der Waals surface area contributed by atoms with E-state index in [0.717, 1.165) is 33.3 Å². The third kappa shape index (κ3) is 42.0. The average Bonchev–Trinajstić information content (AvgIpc) is 0.961. The lowest BCUT2D eigenvalue weighted by molar-refractivity contribution is -0.141. The molecule has 0 aliphatic carbocycles. The monoisotopic (exact) mass is 1500 g/mol. The molecule has 574 valence electrons. The van der Waals surface area contributed by atoms with Crippen molar-refractivity contribution in [2.45, 2.75) is 94.2 Å². The van der Waals surface area contributed by atoms with Gasteiger partial charge in [0, 0.05) is 70.1 Å². The van der Waals surface area contributed by atoms with Gasteiger partial charge in [-0.25, -0.2) is 5.48 Å². The Kier molecular flexibility index (Phi) is 47.6. The van der Waals surface area contributed by atoms with Crippen LogP contribution in [-0.4, -0.2) is 299 Å². The molecule has 102 heavy (non-hydrogen) atoms. The summed E-state index contributed by atoms with van der Waals surface area (Å²) in [6.07, 6.45) is -0.799. The summed E-state index contributed by atoms with van der Waals surface area (Å²) < 4.78 is 37.9. The molecule has 2 fully saturated rings. The summed E-state index contributed by atoms with van der Waals surface area (Å²) in [6, 6.07) is -2.00. The van der Waals surface area contributed by atoms with Gasteiger partial charge in [0.2, 0.25) is 70.9 Å². The number of amides is 12. The van der Waals surface area contributed by atoms with Gasteiger partial charge in [-0.05, 0) is 44.6 Å². The number of rotatable bonds is 43. The van der Waals surface area contributed by atoms with Crippen molar-refractivity contribution in [3.05, 3.63) is 35.9 Å². The number of ether oxygens (including phenoxy) is 7. The number of thioether (sulfide) groups is 1. The summed E-state index contributed by atoms with van der Waals surface area (Å²) in [5, 5.41) is 40.9. The molecule has 2 bridgehead atoms. The minimum absolute atomic E-state index is 0.00176. The van der Waals surface area contributed by atoms with Crippen LogP contribution in [0.3, 0.4) is 0 Å². The van der Waals surface area contributed by atoms with Crippen LogP contribution in [0.25, 0.3) is 0 Å². The number of benzene rings is 1. The van der Waals surface area contributed by atoms with E-state index < -0.39 is 139 Å². The standard InChI is InChI=1S/C61H100N16O22S3/c1-3-92-19-18-68-55(86)45-36-100-39-52(82)71-42(12-7-8-14-65-49(79)33-98-34-50(80)66-16-20-93-22-24-95-26-28-97-29-27-96-25-23-94-21-17-67-51(81)35-99-64-2)56(87)76-46-37-101-102-38-47(60(91)74-43(57(88)75-45)30-40-10-5-4-6-11-40)77-58(89)44(31-53(83)84)72-48(78)32-70-54(85)41(73-59(46)90)13-9-15-69-61(62)63/h4-6,10-11,41-47,64H,3,7-9,12-39H2,1-2H3,(H,65,79)(H,66,80)(H,67,81)(H,68,86)(H,70,85)(H,71,82)(H,72,78)(H,73,90)(H,74,91)(H,75,88)(H,76,87)(H,77,89)(H,83,84)(H4,62,63,69)/t41-,42-,43-,44-,45-,46-,47-/m0/s1. The van der Waals surface area contributed by atoms with Gasteiger partial charge in [-0.1, -0.05) is 51.9 Å². The molecular weight excluding hydrogens is 1400 g/mol. The fourth-order valence-electron chi connectivity index (χ4n) is 8.92. The van der Waals surface area contributed by atoms with Crippen LogP contribution in [-0.2, 0) is 107 Å². The SMILES string of the molecule is CCOCCNC(=O)[C@@H]1CSCC(=O)N[C@@H](CCCCNC(=O)COCC(=O)NCCOCCOCCOCCOCCOCCNC(=O)CONC)C(=O)N[C@H]2CSSC[C@H](NC(=O)[C@H](CC(=O)O)NC(=O)CNC(=O)[C@H](CCCN=C(N)N)NC2=O)C(=O)N[C@@H](Cc2ccccc2)C(=O)N1. The van der Waals surface area contributed by atoms with Crippen LogP contribution in [0.4, 0.5) is 0 Å². The predicted molar refractivity (Wildman–Crippen MR) is 373 cm³/mol. The summed E-state index contributed by atoms with van der Waals surface area (Å²) in [4.78, 5) is 184. The first kappa shape index (κ1) is 88.5. The number of carboxylic acids is 1. The number of fused-ring (bicyclic) bond motifs is 5. The van der Waals surface area contributed by atoms with Crippen molar-refractivity contribution in [3.8, 4) is 0 Å². The first-order valence-electron chi connectivity index (χ1n) is 33.1. The second-order valence-corrected chi connectivity index (χ2v) is 25.7. The van der Waals surface area contributed by atoms with Gasteiger partial charge in [0.25, 0.3) is 0 Å². The van der Waals surface area contributed by atoms with Crippen molar-refractivity contribution in [1.29, 1.82) is 0 Å². The summed E-state index contributed by atoms with van der Waals surface area (Å²) >= 11 is 0.911. The largest absolute Gasteiger partial charge is 0.481 e. The topological polar surface area (TPSA) is 537 Å². The Morgan fingerprint density at radius 1 is 0.529 bits per heavy atom. The highest BCUT2D eigenvalue weighted by Crippen LogP contribution is 2.24. The van der Waals surface area contributed by atoms with E-state index in [0.29, 0.717) is 71.6 Å². The molecule has 0 aromatic heterocycles. The Morgan fingerprint density at radius 2 is 1.03 bits per heavy atom. The fourth-order valence-corrected chi connectivity index (χ4v) is 12.1. The number of hydrogen-bond donors (Lipinski definition) is 16. The Hall–Kier alpha value is -7.71. The van der Waals surface area contributed by atoms with Crippen molar-refractivity contribution in [2.24, 2.45) is 16.5 Å². The van der Waals surface area contributed by atoms with E-state index in [4.69, 9.17) is 49.5 Å². The van der Waals surface area contributed by atoms with Crippen LogP contribution >= 0.6 is 33.3 Å². The van der Waals surface area contributed by atoms with Crippen molar-refractivity contribution >= 4 is 116 Å². The quantitative estimate of drug-likeness (QED) is 0.00950. The minimum atomic E-state index is -1.81. The number of nitrogens with zero attached hydrogens (tertiary/aromatic N) is 1. The molecule has 2 saturated heterocycles. The molecule has 3 rings (SSSR count). The number of aliphatic imine (C=N–C) groups is 1. The zero-order valence-corrected chi connectivity index (χ0v) is 59.9. The first-order valence-corrected chi connectivity index (χ1v) is 36.8. The molecule has 41 heteroatoms. The fraction of sp³-hybridized carbons (Fsp3) is 0.672. The highest BCUT2D eigenvalue weighted by molar-refractivity contribution is 8.76. The molecule has 12 amide bonds. The van der Waals surface area contributed by atoms with Crippen molar-refractivity contribution in [2.75, 3.05) is 168 Å². The van der Waals surface area contributed by atoms with Crippen LogP contribution in [0, 0.1) is 0 Å². The number of hydrogen-bond acceptors (Lipinski definition) is 26. The van der Waals surface area contributed by atoms with Gasteiger partial charge >= 0.3 is 5.97 Å². The van der Waals surface area contributed by atoms with Crippen molar-refractivity contribution in [1.82, 2.24) is 69.3 Å². The van der Waals surface area contributed by atoms with Crippen LogP contribution in [0.1, 0.15) is 51.0 Å². The predicted octanol–water partition coefficient (Wildman–Crippen LogP) is -6.67. The van der Waals surface area contributed by atoms with E-state index in [2.05, 4.69) is 74.3 Å². The summed E-state index contributed by atoms with van der Waals surface area (Å²) in [7, 11) is 3.39. The summed E-state index contributed by atoms with van der Waals surface area (Å²) in [6.45, 7) is 4.20. The smallest absolute Gasteiger partial charge is 0.305 e. The number of nitrogens with one attached hydrogen (secondary N) is 13. The van der Waals surface area contributed by atoms with Crippen molar-refractivity contribution < 1.29 is 105 Å². The number of aliphatic carboxylic acids is 1. The molecule has 1 aromatic carbocycles. The van der Waals surface area contributed by atoms with Crippen LogP contribution < -0.4 is 80.7 Å². The molecule has 0 saturated carbocycles. The molecule has 0 radical (unpaired) electrons. The second-order valence-electron chi connectivity index (χ2n) is 22.2. The number of carboxylic acid groups (broad SMARTS) is 1. The van der Waals surface area contributed by atoms with E-state index in [1.807, 2.05) is 0 Å². The Labute approximate surface area is 603 Å². The molecule has 2 aliphatic heterocycles. The zero-order chi connectivity index (χ0) is 74.5. The molecule has 0 spiro atoms. The normalized spacial score (nSPS) is 20.0. The number of unbranched alkanes of at least 4 members (excludes halogenated alkanes) is 1. The van der Waals surface area contributed by atoms with Gasteiger partial charge in [0.05, 0.1) is 91.4 Å². The third-order valence-electron chi connectivity index (χ3n) is 14.0. The zero-order valence-electron chi connectivity index (χ0n) is 57.4. The van der Waals surface area contributed by atoms with E-state index in [1.54, 1.807) is 44.3 Å². The summed E-state index contributed by atoms with van der Waals surface area (Å²) in [5.74, 6) is -12.4. The van der Waals surface area contributed by atoms with Gasteiger partial charge in [-0.2, -0.15) is 0 Å². The third-order valence-corrected chi connectivity index (χ3v) is 17.5. The lowest BCUT2D eigenvalue weighted by Gasteiger charge is -2.27. The average molecular weight is 1510 g/mol. The van der Waals surface area contributed by atoms with E-state index >= 15 is 0 Å². The lowest BCUT2D eigenvalue weighted by Crippen LogP contribution is -2.60. The van der Waals surface area contributed by atoms with E-state index in [-0.39, 0.29) is 126 Å². The second kappa shape index (κ2) is 54.9. The molecule has 2 aliphatic rings. The first-order chi connectivity index (χ1) is 49.2. The van der Waals surface area contributed by atoms with Crippen LogP contribution in [0.2, 0.25) is 0 Å². The number of carbonyl (C=O) groups excluding carboxylic acids is 12. The molecule has 1 aromatic rings. The number of carbonyl (C=O) groups is 13. The number of hydroxylamine groups is 1. The maximum Gasteiger partial charge on any atom is 0.305 e. The molecule has 7 atom stereocenters. The Morgan fingerprint density at radius 3 is 1.60 bits per heavy atom. The van der Waals surface area contributed by atoms with E-state index in [1.165, 1.54) is 0 Å². The van der Waals surface area contributed by atoms with Gasteiger partial charge in [0.15, 0.2) is 5.96 Å². The van der Waals surface area contributed by atoms with E-state index in [9.17, 15) is 67.4 Å². The molecule has 2 heterocycles. The van der Waals surface area contributed by atoms with Gasteiger partial charge < -0.3 is 114 Å². The molecular formula is C61H100N16O22S3. The Balaban J connectivity index is 1.71. The highest BCUT2D eigenvalue weighted by Gasteiger charge is 2.35. The van der Waals surface area contributed by atoms with Crippen LogP contribution in [0.15, 0.2) is 35.3 Å². The number of guanidine groups is 1. The van der Waals surface area contributed by atoms with Crippen molar-refractivity contribution in [3.63, 3.8) is 0 Å². The molecule has 0 unspecified atom stereocenters. The maximum absolute atomic E-state index is 14.6. The summed E-state index contributed by atoms with van der Waals surface area (Å²) in [5.41, 5.74) is 14.0. The van der Waals surface area contributed by atoms with Crippen LogP contribution in [0.5, 0.6) is 0 Å². The lowest BCUT2D eigenvalue weighted by atomic mass is 10.0. The Bertz CT molecular complexity index is 2790. The molecule has 38 nitrogen and oxygen atoms in total. The number of nitrogens with two attached hydrogens (primary N) is 2. The molecule has 18 N–H and O–H groups in total. The maximum atomic E-state index is 14.6. The van der Waals surface area contributed by atoms with Gasteiger partial charge in [-0.15, -0.1) is 11.8 Å². The van der Waals surface area contributed by atoms with Gasteiger partial charge in [0.1, 0.15) is 62.1 Å².